The van der Waals surface area contributed by atoms with Crippen molar-refractivity contribution < 1.29 is 22.7 Å². The van der Waals surface area contributed by atoms with Crippen molar-refractivity contribution in [2.24, 2.45) is 0 Å². The van der Waals surface area contributed by atoms with Gasteiger partial charge in [0.2, 0.25) is 17.7 Å². The lowest BCUT2D eigenvalue weighted by Crippen LogP contribution is -2.13. The van der Waals surface area contributed by atoms with Gasteiger partial charge in [-0.2, -0.15) is 0 Å². The molecule has 0 aliphatic rings. The Labute approximate surface area is 147 Å². The minimum atomic E-state index is -0.837. The molecule has 1 heterocycles. The molecule has 0 aliphatic heterocycles. The molecule has 6 nitrogen and oxygen atoms in total. The number of hydrogen-bond donors (Lipinski definition) is 1. The highest BCUT2D eigenvalue weighted by Crippen LogP contribution is 2.23. The average molecular weight is 359 g/mol. The van der Waals surface area contributed by atoms with Crippen LogP contribution in [0.5, 0.6) is 5.75 Å². The van der Waals surface area contributed by atoms with Crippen molar-refractivity contribution in [2.45, 2.75) is 12.8 Å². The summed E-state index contributed by atoms with van der Waals surface area (Å²) in [6.07, 6.45) is 0.197. The van der Waals surface area contributed by atoms with E-state index in [1.54, 1.807) is 31.4 Å². The molecule has 0 bridgehead atoms. The van der Waals surface area contributed by atoms with Crippen LogP contribution in [0.25, 0.3) is 11.5 Å². The minimum Gasteiger partial charge on any atom is -0.497 e. The summed E-state index contributed by atoms with van der Waals surface area (Å²) in [6, 6.07) is 10.1. The number of methoxy groups -OCH3 is 1. The molecule has 0 unspecified atom stereocenters. The molecule has 1 amide bonds. The van der Waals surface area contributed by atoms with Crippen LogP contribution >= 0.6 is 0 Å². The molecule has 8 heteroatoms. The molecule has 0 aliphatic carbocycles. The van der Waals surface area contributed by atoms with Gasteiger partial charge in [0, 0.05) is 24.5 Å². The second-order valence-electron chi connectivity index (χ2n) is 5.41. The van der Waals surface area contributed by atoms with Gasteiger partial charge in [-0.1, -0.05) is 6.07 Å². The maximum Gasteiger partial charge on any atom is 0.247 e. The van der Waals surface area contributed by atoms with Crippen LogP contribution in [0, 0.1) is 11.6 Å². The Hall–Kier alpha value is -3.29. The van der Waals surface area contributed by atoms with Crippen LogP contribution in [0.3, 0.4) is 0 Å². The molecule has 1 aromatic heterocycles. The number of carbonyl (C=O) groups is 1. The molecule has 2 aromatic carbocycles. The zero-order chi connectivity index (χ0) is 18.5. The smallest absolute Gasteiger partial charge is 0.247 e. The Balaban J connectivity index is 1.60. The number of ether oxygens (including phenoxy) is 1. The fourth-order valence-corrected chi connectivity index (χ4v) is 2.25. The zero-order valence-corrected chi connectivity index (χ0v) is 13.8. The maximum atomic E-state index is 13.5. The first kappa shape index (κ1) is 17.5. The molecule has 3 aromatic rings. The van der Waals surface area contributed by atoms with Crippen LogP contribution < -0.4 is 10.1 Å². The lowest BCUT2D eigenvalue weighted by molar-refractivity contribution is -0.116. The fourth-order valence-electron chi connectivity index (χ4n) is 2.25. The van der Waals surface area contributed by atoms with Gasteiger partial charge in [0.05, 0.1) is 12.8 Å². The number of anilines is 1. The predicted molar refractivity (Wildman–Crippen MR) is 89.6 cm³/mol. The Morgan fingerprint density at radius 2 is 2.04 bits per heavy atom. The van der Waals surface area contributed by atoms with Gasteiger partial charge in [0.1, 0.15) is 17.4 Å². The van der Waals surface area contributed by atoms with Gasteiger partial charge in [-0.05, 0) is 30.3 Å². The van der Waals surface area contributed by atoms with Crippen LogP contribution in [-0.4, -0.2) is 23.2 Å². The van der Waals surface area contributed by atoms with Crippen LogP contribution in [-0.2, 0) is 11.2 Å². The third-order valence-electron chi connectivity index (χ3n) is 3.55. The third-order valence-corrected chi connectivity index (χ3v) is 3.55. The standard InChI is InChI=1S/C18H15F2N3O3/c1-25-13-4-2-3-11(9-13)18-23-22-17(26-18)8-7-16(24)21-15-6-5-12(19)10-14(15)20/h2-6,9-10H,7-8H2,1H3,(H,21,24). The Kier molecular flexibility index (Phi) is 5.21. The summed E-state index contributed by atoms with van der Waals surface area (Å²) in [7, 11) is 1.56. The third kappa shape index (κ3) is 4.21. The predicted octanol–water partition coefficient (Wildman–Crippen LogP) is 3.59. The normalized spacial score (nSPS) is 10.6. The first-order chi connectivity index (χ1) is 12.5. The number of aryl methyl sites for hydroxylation is 1. The van der Waals surface area contributed by atoms with Gasteiger partial charge in [-0.3, -0.25) is 4.79 Å². The zero-order valence-electron chi connectivity index (χ0n) is 13.8. The number of rotatable bonds is 6. The Bertz CT molecular complexity index is 928. The van der Waals surface area contributed by atoms with Crippen molar-refractivity contribution in [1.82, 2.24) is 10.2 Å². The van der Waals surface area contributed by atoms with Crippen molar-refractivity contribution in [3.63, 3.8) is 0 Å². The SMILES string of the molecule is COc1cccc(-c2nnc(CCC(=O)Nc3ccc(F)cc3F)o2)c1. The number of halogens is 2. The van der Waals surface area contributed by atoms with Crippen molar-refractivity contribution in [1.29, 1.82) is 0 Å². The van der Waals surface area contributed by atoms with Gasteiger partial charge in [-0.15, -0.1) is 10.2 Å². The molecule has 0 atom stereocenters. The highest BCUT2D eigenvalue weighted by atomic mass is 19.1. The van der Waals surface area contributed by atoms with E-state index in [1.165, 1.54) is 0 Å². The topological polar surface area (TPSA) is 77.2 Å². The van der Waals surface area contributed by atoms with E-state index >= 15 is 0 Å². The van der Waals surface area contributed by atoms with E-state index in [2.05, 4.69) is 15.5 Å². The second-order valence-corrected chi connectivity index (χ2v) is 5.41. The molecule has 0 saturated carbocycles. The molecule has 3 rings (SSSR count). The van der Waals surface area contributed by atoms with E-state index in [0.29, 0.717) is 23.3 Å². The van der Waals surface area contributed by atoms with Crippen LogP contribution in [0.1, 0.15) is 12.3 Å². The van der Waals surface area contributed by atoms with Crippen molar-refractivity contribution in [3.05, 3.63) is 60.0 Å². The number of amides is 1. The summed E-state index contributed by atoms with van der Waals surface area (Å²) < 4.78 is 37.0. The van der Waals surface area contributed by atoms with E-state index in [9.17, 15) is 13.6 Å². The molecule has 0 saturated heterocycles. The minimum absolute atomic E-state index is 0.0105. The van der Waals surface area contributed by atoms with E-state index in [1.807, 2.05) is 0 Å². The second kappa shape index (κ2) is 7.73. The van der Waals surface area contributed by atoms with Crippen LogP contribution in [0.4, 0.5) is 14.5 Å². The maximum absolute atomic E-state index is 13.5. The first-order valence-corrected chi connectivity index (χ1v) is 7.77. The molecule has 0 radical (unpaired) electrons. The lowest BCUT2D eigenvalue weighted by atomic mass is 10.2. The number of benzene rings is 2. The fraction of sp³-hybridized carbons (Fsp3) is 0.167. The van der Waals surface area contributed by atoms with E-state index in [-0.39, 0.29) is 24.4 Å². The Morgan fingerprint density at radius 1 is 1.19 bits per heavy atom. The molecular weight excluding hydrogens is 344 g/mol. The molecule has 0 spiro atoms. The molecular formula is C18H15F2N3O3. The number of nitrogens with one attached hydrogen (secondary N) is 1. The van der Waals surface area contributed by atoms with E-state index in [4.69, 9.17) is 9.15 Å². The van der Waals surface area contributed by atoms with E-state index in [0.717, 1.165) is 12.1 Å². The highest BCUT2D eigenvalue weighted by Gasteiger charge is 2.12. The first-order valence-electron chi connectivity index (χ1n) is 7.77. The van der Waals surface area contributed by atoms with Crippen LogP contribution in [0.15, 0.2) is 46.9 Å². The molecule has 0 fully saturated rings. The van der Waals surface area contributed by atoms with Gasteiger partial charge in [-0.25, -0.2) is 8.78 Å². The van der Waals surface area contributed by atoms with Gasteiger partial charge in [0.25, 0.3) is 0 Å². The summed E-state index contributed by atoms with van der Waals surface area (Å²) >= 11 is 0. The number of aromatic nitrogens is 2. The molecule has 26 heavy (non-hydrogen) atoms. The lowest BCUT2D eigenvalue weighted by Gasteiger charge is -2.05. The molecule has 134 valence electrons. The molecule has 1 N–H and O–H groups in total. The summed E-state index contributed by atoms with van der Waals surface area (Å²) in [5, 5.41) is 10.2. The number of carbonyl (C=O) groups excluding carboxylic acids is 1. The van der Waals surface area contributed by atoms with Gasteiger partial charge >= 0.3 is 0 Å². The van der Waals surface area contributed by atoms with Crippen molar-refractivity contribution in [2.75, 3.05) is 12.4 Å². The highest BCUT2D eigenvalue weighted by molar-refractivity contribution is 5.90. The summed E-state index contributed by atoms with van der Waals surface area (Å²) in [5.41, 5.74) is 0.611. The average Bonchev–Trinajstić information content (AvgIpc) is 3.11. The van der Waals surface area contributed by atoms with Gasteiger partial charge in [0.15, 0.2) is 0 Å². The largest absolute Gasteiger partial charge is 0.497 e. The van der Waals surface area contributed by atoms with Crippen molar-refractivity contribution >= 4 is 11.6 Å². The van der Waals surface area contributed by atoms with Crippen molar-refractivity contribution in [3.8, 4) is 17.2 Å². The number of nitrogens with zero attached hydrogens (tertiary/aromatic N) is 2. The monoisotopic (exact) mass is 359 g/mol. The summed E-state index contributed by atoms with van der Waals surface area (Å²) in [6.45, 7) is 0. The van der Waals surface area contributed by atoms with E-state index < -0.39 is 17.5 Å². The number of hydrogen-bond acceptors (Lipinski definition) is 5. The Morgan fingerprint density at radius 3 is 2.81 bits per heavy atom. The summed E-state index contributed by atoms with van der Waals surface area (Å²) in [4.78, 5) is 11.9. The van der Waals surface area contributed by atoms with Gasteiger partial charge < -0.3 is 14.5 Å². The quantitative estimate of drug-likeness (QED) is 0.728. The van der Waals surface area contributed by atoms with Crippen LogP contribution in [0.2, 0.25) is 0 Å². The summed E-state index contributed by atoms with van der Waals surface area (Å²) in [5.74, 6) is -0.756.